The van der Waals surface area contributed by atoms with Crippen molar-refractivity contribution in [1.82, 2.24) is 4.90 Å². The van der Waals surface area contributed by atoms with E-state index in [1.54, 1.807) is 18.2 Å². The molecule has 1 heterocycles. The summed E-state index contributed by atoms with van der Waals surface area (Å²) in [7, 11) is 0. The third-order valence-corrected chi connectivity index (χ3v) is 4.10. The van der Waals surface area contributed by atoms with E-state index in [0.29, 0.717) is 42.2 Å². The highest BCUT2D eigenvalue weighted by Gasteiger charge is 2.25. The summed E-state index contributed by atoms with van der Waals surface area (Å²) in [5.74, 6) is -0.118. The Balaban J connectivity index is 1.97. The van der Waals surface area contributed by atoms with E-state index < -0.39 is 0 Å². The van der Waals surface area contributed by atoms with E-state index >= 15 is 0 Å². The van der Waals surface area contributed by atoms with Crippen LogP contribution in [0.5, 0.6) is 0 Å². The van der Waals surface area contributed by atoms with Crippen molar-refractivity contribution in [1.29, 1.82) is 5.26 Å². The fourth-order valence-electron chi connectivity index (χ4n) is 2.37. The molecule has 1 atom stereocenters. The second-order valence-corrected chi connectivity index (χ2v) is 5.65. The molecule has 0 radical (unpaired) electrons. The summed E-state index contributed by atoms with van der Waals surface area (Å²) in [5, 5.41) is 21.4. The Morgan fingerprint density at radius 2 is 2.19 bits per heavy atom. The number of anilines is 1. The average molecular weight is 308 g/mol. The smallest absolute Gasteiger partial charge is 0.241 e. The summed E-state index contributed by atoms with van der Waals surface area (Å²) < 4.78 is 0. The molecule has 2 N–H and O–H groups in total. The van der Waals surface area contributed by atoms with E-state index in [-0.39, 0.29) is 18.1 Å². The molecular formula is C15H18ClN3O2. The van der Waals surface area contributed by atoms with Gasteiger partial charge in [-0.05, 0) is 38.0 Å². The number of aliphatic hydroxyl groups is 1. The van der Waals surface area contributed by atoms with E-state index in [4.69, 9.17) is 16.9 Å². The number of nitrogens with one attached hydrogen (secondary N) is 1. The number of hydrogen-bond acceptors (Lipinski definition) is 4. The first-order valence-electron chi connectivity index (χ1n) is 6.94. The largest absolute Gasteiger partial charge is 0.393 e. The van der Waals surface area contributed by atoms with Gasteiger partial charge in [0.25, 0.3) is 0 Å². The van der Waals surface area contributed by atoms with Gasteiger partial charge in [0, 0.05) is 18.8 Å². The minimum atomic E-state index is -0.271. The zero-order valence-electron chi connectivity index (χ0n) is 11.8. The zero-order valence-corrected chi connectivity index (χ0v) is 12.6. The summed E-state index contributed by atoms with van der Waals surface area (Å²) in [6.07, 6.45) is 1.13. The number of aliphatic hydroxyl groups excluding tert-OH is 1. The second kappa shape index (κ2) is 6.90. The van der Waals surface area contributed by atoms with E-state index in [0.717, 1.165) is 0 Å². The molecule has 0 spiro atoms. The molecule has 1 aliphatic heterocycles. The summed E-state index contributed by atoms with van der Waals surface area (Å²) in [4.78, 5) is 14.3. The first kappa shape index (κ1) is 15.8. The van der Waals surface area contributed by atoms with Crippen molar-refractivity contribution in [3.8, 4) is 6.07 Å². The van der Waals surface area contributed by atoms with Crippen molar-refractivity contribution in [2.45, 2.75) is 31.9 Å². The van der Waals surface area contributed by atoms with Gasteiger partial charge in [-0.1, -0.05) is 11.6 Å². The van der Waals surface area contributed by atoms with Crippen LogP contribution in [-0.2, 0) is 4.79 Å². The van der Waals surface area contributed by atoms with Crippen LogP contribution in [0.1, 0.15) is 25.3 Å². The highest BCUT2D eigenvalue weighted by molar-refractivity contribution is 6.32. The Labute approximate surface area is 129 Å². The fraction of sp³-hybridized carbons (Fsp3) is 0.467. The molecule has 1 aromatic carbocycles. The normalized spacial score (nSPS) is 18.0. The Morgan fingerprint density at radius 1 is 1.52 bits per heavy atom. The predicted molar refractivity (Wildman–Crippen MR) is 81.1 cm³/mol. The van der Waals surface area contributed by atoms with Crippen LogP contribution in [0.25, 0.3) is 0 Å². The maximum atomic E-state index is 12.2. The molecule has 2 rings (SSSR count). The maximum absolute atomic E-state index is 12.2. The molecule has 6 heteroatoms. The standard InChI is InChI=1S/C15H18ClN3O2/c1-10(19-6-4-13(20)5-7-19)15(21)18-12-3-2-11(9-17)14(16)8-12/h2-3,8,10,13,20H,4-7H2,1H3,(H,18,21)/t10-/m0/s1. The third-order valence-electron chi connectivity index (χ3n) is 3.78. The second-order valence-electron chi connectivity index (χ2n) is 5.24. The van der Waals surface area contributed by atoms with Gasteiger partial charge in [-0.25, -0.2) is 0 Å². The van der Waals surface area contributed by atoms with Crippen LogP contribution in [-0.4, -0.2) is 41.1 Å². The van der Waals surface area contributed by atoms with Crippen molar-refractivity contribution in [3.05, 3.63) is 28.8 Å². The zero-order chi connectivity index (χ0) is 15.4. The summed E-state index contributed by atoms with van der Waals surface area (Å²) in [6, 6.07) is 6.53. The van der Waals surface area contributed by atoms with Crippen molar-refractivity contribution in [2.24, 2.45) is 0 Å². The van der Waals surface area contributed by atoms with Gasteiger partial charge in [0.1, 0.15) is 6.07 Å². The number of rotatable bonds is 3. The van der Waals surface area contributed by atoms with Gasteiger partial charge < -0.3 is 10.4 Å². The van der Waals surface area contributed by atoms with Crippen LogP contribution in [0.3, 0.4) is 0 Å². The molecule has 1 amide bonds. The van der Waals surface area contributed by atoms with Gasteiger partial charge in [0.15, 0.2) is 0 Å². The van der Waals surface area contributed by atoms with Gasteiger partial charge in [0.2, 0.25) is 5.91 Å². The molecule has 1 fully saturated rings. The number of carbonyl (C=O) groups is 1. The van der Waals surface area contributed by atoms with E-state index in [9.17, 15) is 9.90 Å². The monoisotopic (exact) mass is 307 g/mol. The lowest BCUT2D eigenvalue weighted by atomic mass is 10.1. The van der Waals surface area contributed by atoms with E-state index in [2.05, 4.69) is 5.32 Å². The molecule has 5 nitrogen and oxygen atoms in total. The molecule has 0 aromatic heterocycles. The molecule has 0 bridgehead atoms. The Bertz CT molecular complexity index is 563. The number of carbonyl (C=O) groups excluding carboxylic acids is 1. The van der Waals surface area contributed by atoms with Gasteiger partial charge in [-0.15, -0.1) is 0 Å². The predicted octanol–water partition coefficient (Wildman–Crippen LogP) is 2.00. The third kappa shape index (κ3) is 3.94. The molecule has 0 saturated carbocycles. The Kier molecular flexibility index (Phi) is 5.18. The minimum absolute atomic E-state index is 0.118. The van der Waals surface area contributed by atoms with Crippen LogP contribution < -0.4 is 5.32 Å². The lowest BCUT2D eigenvalue weighted by Crippen LogP contribution is -2.47. The molecule has 1 saturated heterocycles. The highest BCUT2D eigenvalue weighted by Crippen LogP contribution is 2.21. The van der Waals surface area contributed by atoms with Crippen LogP contribution in [0.2, 0.25) is 5.02 Å². The molecule has 21 heavy (non-hydrogen) atoms. The molecular weight excluding hydrogens is 290 g/mol. The van der Waals surface area contributed by atoms with Crippen LogP contribution in [0.4, 0.5) is 5.69 Å². The molecule has 0 aliphatic carbocycles. The van der Waals surface area contributed by atoms with Gasteiger partial charge in [-0.3, -0.25) is 9.69 Å². The molecule has 112 valence electrons. The first-order valence-corrected chi connectivity index (χ1v) is 7.31. The topological polar surface area (TPSA) is 76.4 Å². The average Bonchev–Trinajstić information content (AvgIpc) is 2.47. The van der Waals surface area contributed by atoms with Gasteiger partial charge in [0.05, 0.1) is 22.7 Å². The molecule has 0 unspecified atom stereocenters. The molecule has 1 aliphatic rings. The number of likely N-dealkylation sites (tertiary alicyclic amines) is 1. The number of benzene rings is 1. The minimum Gasteiger partial charge on any atom is -0.393 e. The molecule has 1 aromatic rings. The summed E-state index contributed by atoms with van der Waals surface area (Å²) in [5.41, 5.74) is 0.959. The Hall–Kier alpha value is -1.61. The van der Waals surface area contributed by atoms with Crippen LogP contribution in [0.15, 0.2) is 18.2 Å². The number of halogens is 1. The van der Waals surface area contributed by atoms with Crippen molar-refractivity contribution >= 4 is 23.2 Å². The van der Waals surface area contributed by atoms with E-state index in [1.807, 2.05) is 17.9 Å². The van der Waals surface area contributed by atoms with Gasteiger partial charge >= 0.3 is 0 Å². The number of piperidine rings is 1. The maximum Gasteiger partial charge on any atom is 0.241 e. The Morgan fingerprint density at radius 3 is 2.76 bits per heavy atom. The number of nitriles is 1. The lowest BCUT2D eigenvalue weighted by Gasteiger charge is -2.33. The van der Waals surface area contributed by atoms with Crippen LogP contribution in [0, 0.1) is 11.3 Å². The van der Waals surface area contributed by atoms with Crippen molar-refractivity contribution in [2.75, 3.05) is 18.4 Å². The summed E-state index contributed by atoms with van der Waals surface area (Å²) >= 11 is 5.95. The summed E-state index contributed by atoms with van der Waals surface area (Å²) in [6.45, 7) is 3.27. The fourth-order valence-corrected chi connectivity index (χ4v) is 2.59. The SMILES string of the molecule is C[C@@H](C(=O)Nc1ccc(C#N)c(Cl)c1)N1CCC(O)CC1. The lowest BCUT2D eigenvalue weighted by molar-refractivity contribution is -0.121. The number of amides is 1. The highest BCUT2D eigenvalue weighted by atomic mass is 35.5. The first-order chi connectivity index (χ1) is 10.0. The number of nitrogens with zero attached hydrogens (tertiary/aromatic N) is 2. The number of hydrogen-bond donors (Lipinski definition) is 2. The van der Waals surface area contributed by atoms with Crippen molar-refractivity contribution in [3.63, 3.8) is 0 Å². The quantitative estimate of drug-likeness (QED) is 0.895. The van der Waals surface area contributed by atoms with Crippen molar-refractivity contribution < 1.29 is 9.90 Å². The van der Waals surface area contributed by atoms with Gasteiger partial charge in [-0.2, -0.15) is 5.26 Å². The van der Waals surface area contributed by atoms with Crippen LogP contribution >= 0.6 is 11.6 Å². The van der Waals surface area contributed by atoms with E-state index in [1.165, 1.54) is 0 Å².